The number of methoxy groups -OCH3 is 3. The van der Waals surface area contributed by atoms with Crippen molar-refractivity contribution in [3.63, 3.8) is 0 Å². The van der Waals surface area contributed by atoms with Crippen molar-refractivity contribution in [1.29, 1.82) is 0 Å². The van der Waals surface area contributed by atoms with Gasteiger partial charge in [0.05, 0.1) is 31.9 Å². The molecule has 1 aliphatic rings. The summed E-state index contributed by atoms with van der Waals surface area (Å²) in [5.74, 6) is 0.665. The monoisotopic (exact) mass is 334 g/mol. The highest BCUT2D eigenvalue weighted by Gasteiger charge is 2.34. The van der Waals surface area contributed by atoms with Gasteiger partial charge < -0.3 is 25.3 Å². The molecule has 23 heavy (non-hydrogen) atoms. The molecule has 8 heteroatoms. The fourth-order valence-corrected chi connectivity index (χ4v) is 3.27. The topological polar surface area (TPSA) is 104 Å². The Kier molecular flexibility index (Phi) is 3.78. The molecule has 0 radical (unpaired) electrons. The molecule has 0 fully saturated rings. The van der Waals surface area contributed by atoms with Crippen LogP contribution in [0.1, 0.15) is 10.4 Å². The summed E-state index contributed by atoms with van der Waals surface area (Å²) in [4.78, 5) is 5.30. The molecular formula is C15H18N4O3S. The molecule has 2 aromatic rings. The molecule has 3 rings (SSSR count). The lowest BCUT2D eigenvalue weighted by Gasteiger charge is -2.32. The second kappa shape index (κ2) is 5.64. The zero-order valence-electron chi connectivity index (χ0n) is 13.0. The van der Waals surface area contributed by atoms with Crippen molar-refractivity contribution < 1.29 is 14.2 Å². The highest BCUT2D eigenvalue weighted by atomic mass is 32.1. The lowest BCUT2D eigenvalue weighted by molar-refractivity contribution is 0.322. The third-order valence-corrected chi connectivity index (χ3v) is 4.56. The number of benzene rings is 1. The predicted molar refractivity (Wildman–Crippen MR) is 90.6 cm³/mol. The number of amidine groups is 1. The van der Waals surface area contributed by atoms with Gasteiger partial charge in [-0.1, -0.05) is 0 Å². The van der Waals surface area contributed by atoms with Gasteiger partial charge in [0.1, 0.15) is 5.84 Å². The maximum absolute atomic E-state index is 6.46. The number of fused-ring (bicyclic) bond motifs is 1. The van der Waals surface area contributed by atoms with E-state index in [4.69, 9.17) is 25.7 Å². The van der Waals surface area contributed by atoms with E-state index in [1.807, 2.05) is 11.4 Å². The summed E-state index contributed by atoms with van der Waals surface area (Å²) in [6.07, 6.45) is 0. The Bertz CT molecular complexity index is 749. The molecule has 5 N–H and O–H groups in total. The SMILES string of the molecule is COc1cc(C2(N)N=C(N)c3sccc3N2)cc(OC)c1OC. The molecule has 1 aromatic heterocycles. The maximum atomic E-state index is 6.46. The summed E-state index contributed by atoms with van der Waals surface area (Å²) < 4.78 is 16.1. The van der Waals surface area contributed by atoms with E-state index in [9.17, 15) is 0 Å². The number of nitrogens with one attached hydrogen (secondary N) is 1. The lowest BCUT2D eigenvalue weighted by atomic mass is 10.0. The van der Waals surface area contributed by atoms with Crippen LogP contribution in [0.15, 0.2) is 28.6 Å². The summed E-state index contributed by atoms with van der Waals surface area (Å²) in [7, 11) is 4.64. The highest BCUT2D eigenvalue weighted by molar-refractivity contribution is 7.12. The van der Waals surface area contributed by atoms with Crippen LogP contribution in [-0.2, 0) is 5.79 Å². The molecular weight excluding hydrogens is 316 g/mol. The van der Waals surface area contributed by atoms with Gasteiger partial charge in [0.15, 0.2) is 11.5 Å². The molecule has 1 aliphatic heterocycles. The van der Waals surface area contributed by atoms with Crippen molar-refractivity contribution in [2.24, 2.45) is 16.5 Å². The summed E-state index contributed by atoms with van der Waals surface area (Å²) >= 11 is 1.51. The van der Waals surface area contributed by atoms with Crippen LogP contribution in [0.3, 0.4) is 0 Å². The standard InChI is InChI=1S/C15H18N4O3S/c1-20-10-6-8(7-11(21-2)12(10)22-3)15(17)18-9-4-5-23-13(9)14(16)19-15/h4-7,18H,17H2,1-3H3,(H2,16,19). The van der Waals surface area contributed by atoms with Gasteiger partial charge in [-0.2, -0.15) is 0 Å². The predicted octanol–water partition coefficient (Wildman–Crippen LogP) is 1.67. The van der Waals surface area contributed by atoms with E-state index < -0.39 is 5.79 Å². The van der Waals surface area contributed by atoms with Crippen molar-refractivity contribution in [3.05, 3.63) is 34.0 Å². The Morgan fingerprint density at radius 3 is 2.35 bits per heavy atom. The van der Waals surface area contributed by atoms with Crippen LogP contribution in [0.25, 0.3) is 0 Å². The molecule has 0 saturated carbocycles. The molecule has 7 nitrogen and oxygen atoms in total. The summed E-state index contributed by atoms with van der Waals surface area (Å²) in [6, 6.07) is 5.42. The second-order valence-corrected chi connectivity index (χ2v) is 5.88. The van der Waals surface area contributed by atoms with E-state index in [1.54, 1.807) is 33.5 Å². The lowest BCUT2D eigenvalue weighted by Crippen LogP contribution is -2.47. The van der Waals surface area contributed by atoms with E-state index in [2.05, 4.69) is 10.3 Å². The normalized spacial score (nSPS) is 19.4. The fourth-order valence-electron chi connectivity index (χ4n) is 2.52. The van der Waals surface area contributed by atoms with Gasteiger partial charge in [-0.05, 0) is 23.6 Å². The zero-order valence-corrected chi connectivity index (χ0v) is 13.9. The summed E-state index contributed by atoms with van der Waals surface area (Å²) in [6.45, 7) is 0. The third-order valence-electron chi connectivity index (χ3n) is 3.62. The molecule has 0 amide bonds. The molecule has 0 saturated heterocycles. The molecule has 2 heterocycles. The van der Waals surface area contributed by atoms with Crippen molar-refractivity contribution >= 4 is 22.9 Å². The van der Waals surface area contributed by atoms with Gasteiger partial charge in [-0.25, -0.2) is 4.99 Å². The molecule has 1 atom stereocenters. The third kappa shape index (κ3) is 2.45. The van der Waals surface area contributed by atoms with Gasteiger partial charge in [0, 0.05) is 5.56 Å². The van der Waals surface area contributed by atoms with Gasteiger partial charge in [0.25, 0.3) is 0 Å². The van der Waals surface area contributed by atoms with E-state index in [-0.39, 0.29) is 0 Å². The van der Waals surface area contributed by atoms with Crippen LogP contribution < -0.4 is 31.0 Å². The van der Waals surface area contributed by atoms with E-state index in [1.165, 1.54) is 11.3 Å². The van der Waals surface area contributed by atoms with E-state index in [0.717, 1.165) is 10.6 Å². The van der Waals surface area contributed by atoms with Gasteiger partial charge in [-0.3, -0.25) is 5.73 Å². The number of ether oxygens (including phenoxy) is 3. The first-order valence-electron chi connectivity index (χ1n) is 6.83. The van der Waals surface area contributed by atoms with E-state index >= 15 is 0 Å². The van der Waals surface area contributed by atoms with Crippen LogP contribution in [0, 0.1) is 0 Å². The number of nitrogens with zero attached hydrogens (tertiary/aromatic N) is 1. The number of aliphatic imine (C=N–C) groups is 1. The molecule has 1 unspecified atom stereocenters. The van der Waals surface area contributed by atoms with E-state index in [0.29, 0.717) is 28.6 Å². The minimum atomic E-state index is -1.22. The molecule has 0 aliphatic carbocycles. The minimum Gasteiger partial charge on any atom is -0.493 e. The number of hydrogen-bond donors (Lipinski definition) is 3. The first-order chi connectivity index (χ1) is 11.0. The Balaban J connectivity index is 2.13. The fraction of sp³-hybridized carbons (Fsp3) is 0.267. The molecule has 0 spiro atoms. The largest absolute Gasteiger partial charge is 0.493 e. The highest BCUT2D eigenvalue weighted by Crippen LogP contribution is 2.42. The zero-order chi connectivity index (χ0) is 16.6. The maximum Gasteiger partial charge on any atom is 0.211 e. The van der Waals surface area contributed by atoms with Crippen LogP contribution >= 0.6 is 11.3 Å². The first-order valence-corrected chi connectivity index (χ1v) is 7.71. The van der Waals surface area contributed by atoms with Crippen LogP contribution in [-0.4, -0.2) is 27.2 Å². The molecule has 1 aromatic carbocycles. The van der Waals surface area contributed by atoms with Crippen LogP contribution in [0.2, 0.25) is 0 Å². The second-order valence-electron chi connectivity index (χ2n) is 4.97. The van der Waals surface area contributed by atoms with Gasteiger partial charge >= 0.3 is 0 Å². The number of thiophene rings is 1. The number of rotatable bonds is 4. The average Bonchev–Trinajstić information content (AvgIpc) is 3.01. The van der Waals surface area contributed by atoms with Crippen molar-refractivity contribution in [3.8, 4) is 17.2 Å². The Morgan fingerprint density at radius 2 is 1.78 bits per heavy atom. The van der Waals surface area contributed by atoms with Crippen molar-refractivity contribution in [2.75, 3.05) is 26.6 Å². The Hall–Kier alpha value is -2.45. The molecule has 0 bridgehead atoms. The summed E-state index contributed by atoms with van der Waals surface area (Å²) in [5, 5.41) is 5.14. The quantitative estimate of drug-likeness (QED) is 0.786. The number of nitrogens with two attached hydrogens (primary N) is 2. The summed E-state index contributed by atoms with van der Waals surface area (Å²) in [5.41, 5.74) is 14.0. The number of anilines is 1. The van der Waals surface area contributed by atoms with Gasteiger partial charge in [-0.15, -0.1) is 11.3 Å². The average molecular weight is 334 g/mol. The molecule has 122 valence electrons. The first kappa shape index (κ1) is 15.4. The van der Waals surface area contributed by atoms with Crippen molar-refractivity contribution in [1.82, 2.24) is 0 Å². The van der Waals surface area contributed by atoms with Crippen LogP contribution in [0.4, 0.5) is 5.69 Å². The Labute approximate surface area is 137 Å². The van der Waals surface area contributed by atoms with Crippen molar-refractivity contribution in [2.45, 2.75) is 5.79 Å². The van der Waals surface area contributed by atoms with Gasteiger partial charge in [0.2, 0.25) is 11.5 Å². The number of hydrogen-bond acceptors (Lipinski definition) is 8. The Morgan fingerprint density at radius 1 is 1.13 bits per heavy atom. The van der Waals surface area contributed by atoms with Crippen LogP contribution in [0.5, 0.6) is 17.2 Å². The smallest absolute Gasteiger partial charge is 0.211 e. The minimum absolute atomic E-state index is 0.394.